The Labute approximate surface area is 686 Å². The Kier molecular flexibility index (Phi) is 25.0. The maximum absolute atomic E-state index is 11.3. The van der Waals surface area contributed by atoms with E-state index in [0.717, 1.165) is 166 Å². The maximum atomic E-state index is 11.3. The summed E-state index contributed by atoms with van der Waals surface area (Å²) in [5.41, 5.74) is 12.7. The molecule has 8 saturated heterocycles. The minimum Gasteiger partial charge on any atom is -0.422 e. The summed E-state index contributed by atoms with van der Waals surface area (Å²) in [6, 6.07) is 38.4. The predicted octanol–water partition coefficient (Wildman–Crippen LogP) is 17.0. The molecule has 0 aliphatic carbocycles. The number of nitrogens with one attached hydrogen (secondary N) is 2. The quantitative estimate of drug-likeness (QED) is 0.109. The lowest BCUT2D eigenvalue weighted by Crippen LogP contribution is -2.46. The first-order valence-electron chi connectivity index (χ1n) is 42.5. The van der Waals surface area contributed by atoms with Gasteiger partial charge >= 0.3 is 0 Å². The molecule has 0 atom stereocenters. The molecule has 9 aromatic heterocycles. The van der Waals surface area contributed by atoms with E-state index in [4.69, 9.17) is 24.1 Å². The molecule has 8 aliphatic heterocycles. The molecule has 116 heavy (non-hydrogen) atoms. The molecule has 0 spiro atoms. The first-order chi connectivity index (χ1) is 57.0. The van der Waals surface area contributed by atoms with E-state index in [-0.39, 0.29) is 11.8 Å². The van der Waals surface area contributed by atoms with E-state index in [9.17, 15) is 9.59 Å². The van der Waals surface area contributed by atoms with Crippen LogP contribution in [0.25, 0.3) is 87.3 Å². The molecule has 12 aromatic rings. The summed E-state index contributed by atoms with van der Waals surface area (Å²) in [5, 5.41) is 19.1. The van der Waals surface area contributed by atoms with E-state index in [0.29, 0.717) is 52.1 Å². The first kappa shape index (κ1) is 78.4. The van der Waals surface area contributed by atoms with E-state index in [1.54, 1.807) is 28.9 Å². The van der Waals surface area contributed by atoms with Gasteiger partial charge in [-0.1, -0.05) is 90.8 Å². The number of thiazole rings is 2. The highest BCUT2D eigenvalue weighted by Crippen LogP contribution is 2.39. The number of nitriles is 1. The predicted molar refractivity (Wildman–Crippen MR) is 466 cm³/mol. The Bertz CT molecular complexity index is 5350. The van der Waals surface area contributed by atoms with Crippen molar-refractivity contribution >= 4 is 122 Å². The number of anilines is 6. The minimum absolute atomic E-state index is 0.0787. The van der Waals surface area contributed by atoms with Crippen molar-refractivity contribution in [3.63, 3.8) is 0 Å². The number of carbonyl (C=O) groups excluding carboxylic acids is 2. The molecule has 8 fully saturated rings. The van der Waals surface area contributed by atoms with Crippen molar-refractivity contribution in [2.24, 2.45) is 0 Å². The van der Waals surface area contributed by atoms with Gasteiger partial charge in [0.15, 0.2) is 32.7 Å². The second-order valence-electron chi connectivity index (χ2n) is 32.5. The zero-order chi connectivity index (χ0) is 78.7. The molecule has 8 aliphatic rings. The molecule has 2 amide bonds. The number of oxazole rings is 2. The molecule has 17 heterocycles. The highest BCUT2D eigenvalue weighted by molar-refractivity contribution is 7.22. The summed E-state index contributed by atoms with van der Waals surface area (Å²) in [7, 11) is 0. The Balaban J connectivity index is 0.000000112. The van der Waals surface area contributed by atoms with Crippen LogP contribution in [0.15, 0.2) is 143 Å². The molecule has 26 heteroatoms. The molecular weight excluding hydrogens is 1490 g/mol. The summed E-state index contributed by atoms with van der Waals surface area (Å²) < 4.78 is 14.4. The zero-order valence-electron chi connectivity index (χ0n) is 67.0. The number of benzene rings is 3. The van der Waals surface area contributed by atoms with Crippen LogP contribution in [0, 0.1) is 11.3 Å². The molecule has 20 rings (SSSR count). The molecule has 3 aromatic carbocycles. The summed E-state index contributed by atoms with van der Waals surface area (Å²) in [4.78, 5) is 83.8. The number of hydrogen-bond acceptors (Lipinski definition) is 24. The van der Waals surface area contributed by atoms with Gasteiger partial charge in [-0.25, -0.2) is 19.9 Å². The summed E-state index contributed by atoms with van der Waals surface area (Å²) in [6.07, 6.45) is 37.0. The Morgan fingerprint density at radius 2 is 0.836 bits per heavy atom. The standard InChI is InChI=1S/C25H27N5S.2C24H29N5O2.C17H21N5S/c1-2-11-29(12-3-1)20-8-13-30(14-9-20)25-28-24-23(31-25)15-19(17-27-24)21-6-4-5-18-16-26-10-7-22(18)21;1-17(30)26-20-7-5-18(6-8-20)19-15-22-23(25-16-19)27-24(31-22)29-13-9-21(10-14-29)28-11-3-2-4-12-28;1-17(30)26-20-7-5-6-18(14-20)19-15-22-23(25-16-19)27-24(31-22)29-12-8-21(9-13-29)28-10-3-2-4-11-28;18-11-13-10-15-16(19-12-13)20-17(23-15)22-8-4-14(5-9-22)21-6-2-1-3-7-21/h4-7,10,15-17,20H,1-3,8-9,11-14H2;5-8,15-16,21H,2-4,9-14H2,1H3,(H,26,30);5-7,14-16,21H,2-4,8-13H2,1H3,(H,26,30);10,12,14H,1-9H2. The van der Waals surface area contributed by atoms with Crippen LogP contribution in [-0.2, 0) is 9.59 Å². The molecule has 24 nitrogen and oxygen atoms in total. The number of hydrogen-bond donors (Lipinski definition) is 2. The summed E-state index contributed by atoms with van der Waals surface area (Å²) >= 11 is 3.44. The number of rotatable bonds is 13. The smallest absolute Gasteiger partial charge is 0.299 e. The fourth-order valence-electron chi connectivity index (χ4n) is 18.4. The van der Waals surface area contributed by atoms with Gasteiger partial charge in [-0.15, -0.1) is 0 Å². The van der Waals surface area contributed by atoms with Crippen molar-refractivity contribution < 1.29 is 18.4 Å². The third-order valence-corrected chi connectivity index (χ3v) is 26.8. The third-order valence-electron chi connectivity index (χ3n) is 24.7. The van der Waals surface area contributed by atoms with E-state index < -0.39 is 0 Å². The largest absolute Gasteiger partial charge is 0.422 e. The van der Waals surface area contributed by atoms with Gasteiger partial charge in [0.25, 0.3) is 12.0 Å². The van der Waals surface area contributed by atoms with Crippen LogP contribution in [-0.4, -0.2) is 205 Å². The van der Waals surface area contributed by atoms with E-state index in [1.807, 2.05) is 97.7 Å². The Morgan fingerprint density at radius 1 is 0.405 bits per heavy atom. The molecule has 0 saturated carbocycles. The van der Waals surface area contributed by atoms with Crippen molar-refractivity contribution in [1.82, 2.24) is 64.5 Å². The second-order valence-corrected chi connectivity index (χ2v) is 34.5. The lowest BCUT2D eigenvalue weighted by Gasteiger charge is -2.40. The number of amides is 2. The molecule has 0 unspecified atom stereocenters. The van der Waals surface area contributed by atoms with Crippen LogP contribution >= 0.6 is 22.7 Å². The minimum atomic E-state index is -0.0883. The van der Waals surface area contributed by atoms with Crippen LogP contribution in [0.4, 0.5) is 33.7 Å². The number of pyridine rings is 5. The lowest BCUT2D eigenvalue weighted by molar-refractivity contribution is -0.115. The first-order valence-corrected chi connectivity index (χ1v) is 44.1. The molecule has 0 bridgehead atoms. The molecular formula is C90H106N20O4S2. The maximum Gasteiger partial charge on any atom is 0.299 e. The number of fused-ring (bicyclic) bond motifs is 5. The fraction of sp³-hybridized carbons (Fsp3) is 0.467. The number of piperidine rings is 8. The third kappa shape index (κ3) is 18.9. The van der Waals surface area contributed by atoms with Gasteiger partial charge in [0.1, 0.15) is 6.07 Å². The number of carbonyl (C=O) groups is 2. The molecule has 602 valence electrons. The van der Waals surface area contributed by atoms with Crippen molar-refractivity contribution in [2.75, 3.05) is 135 Å². The molecule has 2 N–H and O–H groups in total. The van der Waals surface area contributed by atoms with Crippen LogP contribution < -0.4 is 30.2 Å². The summed E-state index contributed by atoms with van der Waals surface area (Å²) in [6.45, 7) is 21.4. The second kappa shape index (κ2) is 37.0. The van der Waals surface area contributed by atoms with Crippen molar-refractivity contribution in [3.8, 4) is 39.4 Å². The fourth-order valence-corrected chi connectivity index (χ4v) is 20.5. The van der Waals surface area contributed by atoms with Gasteiger partial charge < -0.3 is 58.7 Å². The SMILES string of the molecule is CC(=O)Nc1ccc(-c2cnc3nc(N4CCC(N5CCCCC5)CC4)oc3c2)cc1.CC(=O)Nc1cccc(-c2cnc3nc(N4CCC(N5CCCCC5)CC4)oc3c2)c1.N#Cc1cnc2nc(N3CCC(N4CCCCC4)CC3)sc2c1.c1cc(-c2cnc3nc(N4CCC(N5CCCCC5)CC4)sc3c2)c2ccncc2c1. The highest BCUT2D eigenvalue weighted by Gasteiger charge is 2.33. The van der Waals surface area contributed by atoms with E-state index in [1.165, 1.54) is 180 Å². The lowest BCUT2D eigenvalue weighted by atomic mass is 10.0. The van der Waals surface area contributed by atoms with Gasteiger partial charge in [0.2, 0.25) is 23.1 Å². The van der Waals surface area contributed by atoms with Crippen molar-refractivity contribution in [1.29, 1.82) is 5.26 Å². The van der Waals surface area contributed by atoms with Gasteiger partial charge in [-0.2, -0.15) is 25.2 Å². The normalized spacial score (nSPS) is 19.0. The van der Waals surface area contributed by atoms with Crippen LogP contribution in [0.5, 0.6) is 0 Å². The van der Waals surface area contributed by atoms with Gasteiger partial charge in [0, 0.05) is 161 Å². The van der Waals surface area contributed by atoms with E-state index >= 15 is 0 Å². The average Bonchev–Trinajstić information content (AvgIpc) is 1.79. The number of aromatic nitrogens is 9. The average molecular weight is 1600 g/mol. The molecule has 0 radical (unpaired) electrons. The van der Waals surface area contributed by atoms with Gasteiger partial charge in [-0.05, 0) is 232 Å². The number of nitrogens with zero attached hydrogens (tertiary/aromatic N) is 18. The van der Waals surface area contributed by atoms with Crippen LogP contribution in [0.3, 0.4) is 0 Å². The van der Waals surface area contributed by atoms with Gasteiger partial charge in [-0.3, -0.25) is 14.6 Å². The van der Waals surface area contributed by atoms with Crippen LogP contribution in [0.2, 0.25) is 0 Å². The van der Waals surface area contributed by atoms with Gasteiger partial charge in [0.05, 0.1) is 15.0 Å². The summed E-state index contributed by atoms with van der Waals surface area (Å²) in [5.74, 6) is -0.167. The zero-order valence-corrected chi connectivity index (χ0v) is 68.6. The highest BCUT2D eigenvalue weighted by atomic mass is 32.1. The van der Waals surface area contributed by atoms with Crippen LogP contribution in [0.1, 0.15) is 148 Å². The van der Waals surface area contributed by atoms with Crippen molar-refractivity contribution in [3.05, 3.63) is 140 Å². The monoisotopic (exact) mass is 1590 g/mol. The number of likely N-dealkylation sites (tertiary alicyclic amines) is 4. The Morgan fingerprint density at radius 3 is 1.32 bits per heavy atom. The Hall–Kier alpha value is -10.1. The topological polar surface area (TPSA) is 250 Å². The van der Waals surface area contributed by atoms with Crippen molar-refractivity contribution in [2.45, 2.75) is 166 Å². The van der Waals surface area contributed by atoms with E-state index in [2.05, 4.69) is 121 Å².